The minimum absolute atomic E-state index is 0.177. The third-order valence-corrected chi connectivity index (χ3v) is 5.98. The van der Waals surface area contributed by atoms with Crippen LogP contribution < -0.4 is 0 Å². The van der Waals surface area contributed by atoms with Crippen molar-refractivity contribution in [2.45, 2.75) is 23.6 Å². The molecule has 21 heavy (non-hydrogen) atoms. The summed E-state index contributed by atoms with van der Waals surface area (Å²) in [7, 11) is -1.99. The largest absolute Gasteiger partial charge is 0.380 e. The average molecular weight is 352 g/mol. The minimum atomic E-state index is -3.54. The van der Waals surface area contributed by atoms with Crippen LogP contribution in [0.25, 0.3) is 0 Å². The Labute approximate surface area is 136 Å². The molecule has 0 atom stereocenters. The molecular formula is C14H19Cl2NO3S. The molecule has 1 aromatic rings. The Bertz CT molecular complexity index is 588. The van der Waals surface area contributed by atoms with Crippen LogP contribution in [-0.4, -0.2) is 39.5 Å². The van der Waals surface area contributed by atoms with Gasteiger partial charge in [-0.15, -0.1) is 11.6 Å². The number of ether oxygens (including phenoxy) is 1. The van der Waals surface area contributed by atoms with Crippen LogP contribution in [-0.2, 0) is 20.6 Å². The number of benzene rings is 1. The molecule has 0 saturated heterocycles. The van der Waals surface area contributed by atoms with Gasteiger partial charge in [0.05, 0.1) is 11.5 Å². The summed E-state index contributed by atoms with van der Waals surface area (Å²) in [5, 5.41) is 0.472. The quantitative estimate of drug-likeness (QED) is 0.533. The summed E-state index contributed by atoms with van der Waals surface area (Å²) in [4.78, 5) is 0.201. The van der Waals surface area contributed by atoms with Crippen molar-refractivity contribution in [3.63, 3.8) is 0 Å². The lowest BCUT2D eigenvalue weighted by Gasteiger charge is -2.18. The normalized spacial score (nSPS) is 15.6. The first-order valence-corrected chi connectivity index (χ1v) is 9.19. The molecule has 7 heteroatoms. The topological polar surface area (TPSA) is 46.6 Å². The van der Waals surface area contributed by atoms with E-state index in [4.69, 9.17) is 27.9 Å². The van der Waals surface area contributed by atoms with Crippen LogP contribution in [0.3, 0.4) is 0 Å². The van der Waals surface area contributed by atoms with Crippen molar-refractivity contribution in [3.05, 3.63) is 28.8 Å². The SMILES string of the molecule is CN(CCOCC1CC1)S(=O)(=O)c1ccc(Cl)c(CCl)c1. The molecule has 1 aromatic carbocycles. The summed E-state index contributed by atoms with van der Waals surface area (Å²) < 4.78 is 31.6. The van der Waals surface area contributed by atoms with Gasteiger partial charge in [-0.3, -0.25) is 0 Å². The van der Waals surface area contributed by atoms with Crippen molar-refractivity contribution >= 4 is 33.2 Å². The lowest BCUT2D eigenvalue weighted by atomic mass is 10.2. The van der Waals surface area contributed by atoms with Gasteiger partial charge < -0.3 is 4.74 Å². The van der Waals surface area contributed by atoms with Gasteiger partial charge in [-0.1, -0.05) is 11.6 Å². The van der Waals surface area contributed by atoms with Crippen LogP contribution in [0, 0.1) is 5.92 Å². The van der Waals surface area contributed by atoms with Crippen LogP contribution in [0.2, 0.25) is 5.02 Å². The highest BCUT2D eigenvalue weighted by atomic mass is 35.5. The van der Waals surface area contributed by atoms with Crippen LogP contribution in [0.5, 0.6) is 0 Å². The van der Waals surface area contributed by atoms with Crippen molar-refractivity contribution < 1.29 is 13.2 Å². The number of hydrogen-bond donors (Lipinski definition) is 0. The molecule has 1 saturated carbocycles. The summed E-state index contributed by atoms with van der Waals surface area (Å²) in [6.45, 7) is 1.46. The van der Waals surface area contributed by atoms with Crippen LogP contribution in [0.15, 0.2) is 23.1 Å². The van der Waals surface area contributed by atoms with Gasteiger partial charge >= 0.3 is 0 Å². The predicted octanol–water partition coefficient (Wildman–Crippen LogP) is 3.13. The Hall–Kier alpha value is -0.330. The van der Waals surface area contributed by atoms with Gasteiger partial charge in [0.15, 0.2) is 0 Å². The Balaban J connectivity index is 1.98. The van der Waals surface area contributed by atoms with E-state index in [-0.39, 0.29) is 10.8 Å². The summed E-state index contributed by atoms with van der Waals surface area (Å²) in [6.07, 6.45) is 2.44. The first kappa shape index (κ1) is 17.0. The number of alkyl halides is 1. The molecule has 0 unspecified atom stereocenters. The Morgan fingerprint density at radius 3 is 2.71 bits per heavy atom. The molecule has 4 nitrogen and oxygen atoms in total. The summed E-state index contributed by atoms with van der Waals surface area (Å²) in [5.74, 6) is 0.852. The summed E-state index contributed by atoms with van der Waals surface area (Å²) in [6, 6.07) is 4.57. The number of sulfonamides is 1. The van der Waals surface area contributed by atoms with E-state index < -0.39 is 10.0 Å². The third kappa shape index (κ3) is 4.57. The fraction of sp³-hybridized carbons (Fsp3) is 0.571. The molecule has 1 fully saturated rings. The van der Waals surface area contributed by atoms with Gasteiger partial charge in [0.25, 0.3) is 0 Å². The van der Waals surface area contributed by atoms with E-state index in [2.05, 4.69) is 0 Å². The number of rotatable bonds is 8. The lowest BCUT2D eigenvalue weighted by molar-refractivity contribution is 0.117. The van der Waals surface area contributed by atoms with Crippen LogP contribution >= 0.6 is 23.2 Å². The maximum Gasteiger partial charge on any atom is 0.242 e. The first-order chi connectivity index (χ1) is 9.95. The zero-order valence-electron chi connectivity index (χ0n) is 11.9. The smallest absolute Gasteiger partial charge is 0.242 e. The van der Waals surface area contributed by atoms with Crippen LogP contribution in [0.1, 0.15) is 18.4 Å². The van der Waals surface area contributed by atoms with E-state index >= 15 is 0 Å². The lowest BCUT2D eigenvalue weighted by Crippen LogP contribution is -2.30. The molecule has 0 bridgehead atoms. The Morgan fingerprint density at radius 2 is 2.10 bits per heavy atom. The fourth-order valence-electron chi connectivity index (χ4n) is 1.84. The molecule has 1 aliphatic carbocycles. The van der Waals surface area contributed by atoms with Crippen molar-refractivity contribution in [3.8, 4) is 0 Å². The molecule has 0 heterocycles. The number of likely N-dealkylation sites (N-methyl/N-ethyl adjacent to an activating group) is 1. The molecule has 0 N–H and O–H groups in total. The third-order valence-electron chi connectivity index (χ3n) is 3.47. The first-order valence-electron chi connectivity index (χ1n) is 6.83. The molecule has 0 spiro atoms. The number of hydrogen-bond acceptors (Lipinski definition) is 3. The Kier molecular flexibility index (Phi) is 5.91. The maximum absolute atomic E-state index is 12.4. The predicted molar refractivity (Wildman–Crippen MR) is 84.4 cm³/mol. The van der Waals surface area contributed by atoms with Gasteiger partial charge in [0, 0.05) is 31.1 Å². The average Bonchev–Trinajstić information content (AvgIpc) is 3.27. The molecule has 1 aliphatic rings. The number of halogens is 2. The second kappa shape index (κ2) is 7.29. The molecule has 0 aromatic heterocycles. The van der Waals surface area contributed by atoms with Gasteiger partial charge in [0.2, 0.25) is 10.0 Å². The maximum atomic E-state index is 12.4. The van der Waals surface area contributed by atoms with Crippen molar-refractivity contribution in [1.82, 2.24) is 4.31 Å². The van der Waals surface area contributed by atoms with Gasteiger partial charge in [-0.05, 0) is 42.5 Å². The van der Waals surface area contributed by atoms with Crippen molar-refractivity contribution in [1.29, 1.82) is 0 Å². The van der Waals surface area contributed by atoms with Gasteiger partial charge in [0.1, 0.15) is 0 Å². The Morgan fingerprint density at radius 1 is 1.38 bits per heavy atom. The van der Waals surface area contributed by atoms with E-state index in [1.807, 2.05) is 0 Å². The van der Waals surface area contributed by atoms with Gasteiger partial charge in [-0.2, -0.15) is 4.31 Å². The monoisotopic (exact) mass is 351 g/mol. The highest BCUT2D eigenvalue weighted by Crippen LogP contribution is 2.28. The van der Waals surface area contributed by atoms with E-state index in [1.165, 1.54) is 29.3 Å². The highest BCUT2D eigenvalue weighted by Gasteiger charge is 2.23. The molecule has 2 rings (SSSR count). The second-order valence-corrected chi connectivity index (χ2v) is 7.95. The zero-order chi connectivity index (χ0) is 15.5. The summed E-state index contributed by atoms with van der Waals surface area (Å²) >= 11 is 11.7. The van der Waals surface area contributed by atoms with Crippen molar-refractivity contribution in [2.75, 3.05) is 26.8 Å². The molecule has 118 valence electrons. The van der Waals surface area contributed by atoms with E-state index in [0.29, 0.717) is 29.7 Å². The molecular weight excluding hydrogens is 333 g/mol. The summed E-state index contributed by atoms with van der Waals surface area (Å²) in [5.41, 5.74) is 0.609. The van der Waals surface area contributed by atoms with E-state index in [9.17, 15) is 8.42 Å². The second-order valence-electron chi connectivity index (χ2n) is 5.23. The minimum Gasteiger partial charge on any atom is -0.380 e. The molecule has 0 radical (unpaired) electrons. The fourth-order valence-corrected chi connectivity index (χ4v) is 3.52. The van der Waals surface area contributed by atoms with Crippen LogP contribution in [0.4, 0.5) is 0 Å². The zero-order valence-corrected chi connectivity index (χ0v) is 14.2. The van der Waals surface area contributed by atoms with Crippen molar-refractivity contribution in [2.24, 2.45) is 5.92 Å². The van der Waals surface area contributed by atoms with Gasteiger partial charge in [-0.25, -0.2) is 8.42 Å². The highest BCUT2D eigenvalue weighted by molar-refractivity contribution is 7.89. The van der Waals surface area contributed by atoms with E-state index in [0.717, 1.165) is 6.61 Å². The van der Waals surface area contributed by atoms with E-state index in [1.54, 1.807) is 13.1 Å². The standard InChI is InChI=1S/C14H19Cl2NO3S/c1-17(6-7-20-10-11-2-3-11)21(18,19)13-4-5-14(16)12(8-13)9-15/h4-5,8,11H,2-3,6-7,9-10H2,1H3. The molecule has 0 aliphatic heterocycles. The molecule has 0 amide bonds. The number of nitrogens with zero attached hydrogens (tertiary/aromatic N) is 1.